The van der Waals surface area contributed by atoms with E-state index in [9.17, 15) is 0 Å². The molecule has 0 aliphatic heterocycles. The van der Waals surface area contributed by atoms with E-state index in [2.05, 4.69) is 74.2 Å². The van der Waals surface area contributed by atoms with E-state index in [4.69, 9.17) is 0 Å². The minimum absolute atomic E-state index is 0.0485. The molecule has 0 saturated heterocycles. The number of nitrogens with zero attached hydrogens (tertiary/aromatic N) is 2. The molecule has 0 fully saturated rings. The lowest BCUT2D eigenvalue weighted by atomic mass is 9.98. The van der Waals surface area contributed by atoms with Gasteiger partial charge in [-0.05, 0) is 45.4 Å². The molecule has 24 heavy (non-hydrogen) atoms. The van der Waals surface area contributed by atoms with Crippen LogP contribution in [0, 0.1) is 17.3 Å². The van der Waals surface area contributed by atoms with E-state index in [1.54, 1.807) is 0 Å². The molecule has 1 N–H and O–H groups in total. The van der Waals surface area contributed by atoms with Crippen molar-refractivity contribution in [2.75, 3.05) is 6.54 Å². The van der Waals surface area contributed by atoms with E-state index in [0.717, 1.165) is 17.9 Å². The predicted molar refractivity (Wildman–Crippen MR) is 101 cm³/mol. The van der Waals surface area contributed by atoms with Crippen LogP contribution in [0.4, 0.5) is 0 Å². The number of allylic oxidation sites excluding steroid dienone is 1. The second kappa shape index (κ2) is 7.99. The lowest BCUT2D eigenvalue weighted by Crippen LogP contribution is -2.19. The van der Waals surface area contributed by atoms with Crippen molar-refractivity contribution in [1.29, 1.82) is 0 Å². The summed E-state index contributed by atoms with van der Waals surface area (Å²) in [5.41, 5.74) is 3.41. The van der Waals surface area contributed by atoms with Gasteiger partial charge in [-0.3, -0.25) is 4.68 Å². The maximum absolute atomic E-state index is 4.64. The molecule has 0 spiro atoms. The van der Waals surface area contributed by atoms with Gasteiger partial charge in [0.1, 0.15) is 0 Å². The van der Waals surface area contributed by atoms with Gasteiger partial charge in [0.25, 0.3) is 0 Å². The molecule has 2 rings (SSSR count). The monoisotopic (exact) mass is 321 g/mol. The highest BCUT2D eigenvalue weighted by atomic mass is 15.3. The molecule has 0 radical (unpaired) electrons. The molecule has 126 valence electrons. The van der Waals surface area contributed by atoms with Crippen molar-refractivity contribution < 1.29 is 0 Å². The van der Waals surface area contributed by atoms with Crippen LogP contribution >= 0.6 is 0 Å². The van der Waals surface area contributed by atoms with Crippen molar-refractivity contribution in [2.45, 2.75) is 33.7 Å². The first-order valence-corrected chi connectivity index (χ1v) is 8.37. The van der Waals surface area contributed by atoms with Gasteiger partial charge in [-0.2, -0.15) is 5.10 Å². The summed E-state index contributed by atoms with van der Waals surface area (Å²) >= 11 is 0. The highest BCUT2D eigenvalue weighted by Crippen LogP contribution is 2.22. The summed E-state index contributed by atoms with van der Waals surface area (Å²) in [6.45, 7) is 9.24. The van der Waals surface area contributed by atoms with Gasteiger partial charge in [-0.25, -0.2) is 0 Å². The topological polar surface area (TPSA) is 29.9 Å². The second-order valence-corrected chi connectivity index (χ2v) is 7.00. The number of rotatable bonds is 5. The molecule has 1 atom stereocenters. The minimum Gasteiger partial charge on any atom is -0.305 e. The Bertz CT molecular complexity index is 737. The summed E-state index contributed by atoms with van der Waals surface area (Å²) in [5.74, 6) is 6.27. The van der Waals surface area contributed by atoms with Gasteiger partial charge in [0, 0.05) is 25.0 Å². The van der Waals surface area contributed by atoms with Gasteiger partial charge in [-0.15, -0.1) is 0 Å². The summed E-state index contributed by atoms with van der Waals surface area (Å²) in [4.78, 5) is 0. The molecule has 1 aromatic heterocycles. The van der Waals surface area contributed by atoms with Crippen LogP contribution in [0.2, 0.25) is 0 Å². The molecule has 0 aliphatic rings. The molecule has 1 aromatic carbocycles. The van der Waals surface area contributed by atoms with Crippen LogP contribution in [0.15, 0.2) is 48.6 Å². The van der Waals surface area contributed by atoms with Crippen LogP contribution in [0.25, 0.3) is 11.3 Å². The first-order valence-electron chi connectivity index (χ1n) is 8.37. The lowest BCUT2D eigenvalue weighted by molar-refractivity contribution is 0.571. The van der Waals surface area contributed by atoms with E-state index in [1.807, 2.05) is 36.0 Å². The Morgan fingerprint density at radius 2 is 1.96 bits per heavy atom. The molecule has 0 bridgehead atoms. The molecule has 3 nitrogen and oxygen atoms in total. The number of aromatic nitrogens is 2. The normalized spacial score (nSPS) is 12.9. The Labute approximate surface area is 145 Å². The molecular weight excluding hydrogens is 294 g/mol. The fraction of sp³-hybridized carbons (Fsp3) is 0.381. The lowest BCUT2D eigenvalue weighted by Gasteiger charge is -2.08. The maximum Gasteiger partial charge on any atom is 0.0797 e. The smallest absolute Gasteiger partial charge is 0.0797 e. The standard InChI is InChI=1S/C21H27N3/c1-17(22-15-11-7-10-14-21(2,3)4)19-16-20(24(5)23-19)18-12-8-6-9-13-18/h6-9,11-13,16-17,22H,15H2,1-5H3/t17-/m1/s1. The van der Waals surface area contributed by atoms with Crippen LogP contribution in [0.1, 0.15) is 39.4 Å². The van der Waals surface area contributed by atoms with Gasteiger partial charge in [0.2, 0.25) is 0 Å². The van der Waals surface area contributed by atoms with Crippen molar-refractivity contribution in [3.05, 3.63) is 54.2 Å². The Morgan fingerprint density at radius 1 is 1.25 bits per heavy atom. The summed E-state index contributed by atoms with van der Waals surface area (Å²) in [7, 11) is 1.99. The van der Waals surface area contributed by atoms with Gasteiger partial charge in [0.15, 0.2) is 0 Å². The first-order chi connectivity index (χ1) is 11.4. The van der Waals surface area contributed by atoms with E-state index < -0.39 is 0 Å². The van der Waals surface area contributed by atoms with Crippen LogP contribution < -0.4 is 5.32 Å². The molecular formula is C21H27N3. The van der Waals surface area contributed by atoms with Crippen molar-refractivity contribution in [1.82, 2.24) is 15.1 Å². The molecule has 2 aromatic rings. The third-order valence-electron chi connectivity index (χ3n) is 3.60. The SMILES string of the molecule is C[C@@H](NCC=CC#CC(C)(C)C)c1cc(-c2ccccc2)n(C)n1. The fourth-order valence-electron chi connectivity index (χ4n) is 2.31. The molecule has 0 amide bonds. The van der Waals surface area contributed by atoms with Gasteiger partial charge >= 0.3 is 0 Å². The molecule has 0 saturated carbocycles. The van der Waals surface area contributed by atoms with E-state index in [-0.39, 0.29) is 11.5 Å². The molecule has 1 heterocycles. The highest BCUT2D eigenvalue weighted by Gasteiger charge is 2.12. The van der Waals surface area contributed by atoms with E-state index in [1.165, 1.54) is 5.56 Å². The van der Waals surface area contributed by atoms with Gasteiger partial charge < -0.3 is 5.32 Å². The summed E-state index contributed by atoms with van der Waals surface area (Å²) < 4.78 is 1.94. The third-order valence-corrected chi connectivity index (χ3v) is 3.60. The highest BCUT2D eigenvalue weighted by molar-refractivity contribution is 5.59. The van der Waals surface area contributed by atoms with Crippen molar-refractivity contribution in [3.63, 3.8) is 0 Å². The van der Waals surface area contributed by atoms with Crippen LogP contribution in [0.3, 0.4) is 0 Å². The molecule has 3 heteroatoms. The minimum atomic E-state index is 0.0485. The Hall–Kier alpha value is -2.31. The number of nitrogens with one attached hydrogen (secondary N) is 1. The van der Waals surface area contributed by atoms with Crippen LogP contribution in [-0.4, -0.2) is 16.3 Å². The Kier molecular flexibility index (Phi) is 6.00. The quantitative estimate of drug-likeness (QED) is 0.830. The largest absolute Gasteiger partial charge is 0.305 e. The van der Waals surface area contributed by atoms with Crippen molar-refractivity contribution in [2.24, 2.45) is 12.5 Å². The third kappa shape index (κ3) is 5.40. The number of aryl methyl sites for hydroxylation is 1. The average Bonchev–Trinajstić information content (AvgIpc) is 2.92. The molecule has 0 unspecified atom stereocenters. The second-order valence-electron chi connectivity index (χ2n) is 7.00. The van der Waals surface area contributed by atoms with Gasteiger partial charge in [0.05, 0.1) is 11.4 Å². The predicted octanol–water partition coefficient (Wildman–Crippen LogP) is 4.34. The zero-order valence-electron chi connectivity index (χ0n) is 15.3. The van der Waals surface area contributed by atoms with E-state index in [0.29, 0.717) is 0 Å². The van der Waals surface area contributed by atoms with Crippen LogP contribution in [-0.2, 0) is 7.05 Å². The zero-order valence-corrected chi connectivity index (χ0v) is 15.3. The summed E-state index contributed by atoms with van der Waals surface area (Å²) in [5, 5.41) is 8.09. The average molecular weight is 321 g/mol. The Balaban J connectivity index is 1.95. The van der Waals surface area contributed by atoms with Gasteiger partial charge in [-0.1, -0.05) is 48.2 Å². The van der Waals surface area contributed by atoms with E-state index >= 15 is 0 Å². The number of hydrogen-bond acceptors (Lipinski definition) is 2. The maximum atomic E-state index is 4.64. The summed E-state index contributed by atoms with van der Waals surface area (Å²) in [6, 6.07) is 12.7. The number of hydrogen-bond donors (Lipinski definition) is 1. The number of benzene rings is 1. The zero-order chi connectivity index (χ0) is 17.6. The molecule has 0 aliphatic carbocycles. The Morgan fingerprint density at radius 3 is 2.62 bits per heavy atom. The van der Waals surface area contributed by atoms with Crippen LogP contribution in [0.5, 0.6) is 0 Å². The van der Waals surface area contributed by atoms with Crippen molar-refractivity contribution in [3.8, 4) is 23.1 Å². The first kappa shape index (κ1) is 18.0. The fourth-order valence-corrected chi connectivity index (χ4v) is 2.31. The summed E-state index contributed by atoms with van der Waals surface area (Å²) in [6.07, 6.45) is 3.97. The van der Waals surface area contributed by atoms with Crippen molar-refractivity contribution >= 4 is 0 Å².